The van der Waals surface area contributed by atoms with E-state index in [1.807, 2.05) is 0 Å². The Morgan fingerprint density at radius 1 is 0.913 bits per heavy atom. The molecule has 8 heteroatoms. The number of Topliss-reactive ketones (excluding diaryl/α,β-unsaturated/α-hetero) is 2. The number of benzene rings is 1. The molecule has 1 aromatic carbocycles. The van der Waals surface area contributed by atoms with Crippen LogP contribution in [-0.2, 0) is 19.1 Å². The number of aromatic hydroxyl groups is 2. The van der Waals surface area contributed by atoms with E-state index in [9.17, 15) is 29.4 Å². The SMILES string of the molecule is CC(=O)OC1=C(OC(C)=O)C(=O)c2c(O)c(C)cc(O)c2C1=O. The summed E-state index contributed by atoms with van der Waals surface area (Å²) in [6.07, 6.45) is 0. The summed E-state index contributed by atoms with van der Waals surface area (Å²) >= 11 is 0. The quantitative estimate of drug-likeness (QED) is 0.613. The molecule has 23 heavy (non-hydrogen) atoms. The van der Waals surface area contributed by atoms with Gasteiger partial charge in [0, 0.05) is 13.8 Å². The number of phenols is 2. The Labute approximate surface area is 129 Å². The number of esters is 2. The number of aryl methyl sites for hydroxylation is 1. The number of fused-ring (bicyclic) bond motifs is 1. The van der Waals surface area contributed by atoms with Crippen LogP contribution in [-0.4, -0.2) is 33.7 Å². The summed E-state index contributed by atoms with van der Waals surface area (Å²) in [5.74, 6) is -6.70. The summed E-state index contributed by atoms with van der Waals surface area (Å²) in [6, 6.07) is 1.08. The molecule has 0 radical (unpaired) electrons. The molecule has 0 aromatic heterocycles. The molecule has 0 unspecified atom stereocenters. The largest absolute Gasteiger partial charge is 0.507 e. The molecule has 0 heterocycles. The number of hydrogen-bond acceptors (Lipinski definition) is 8. The zero-order valence-electron chi connectivity index (χ0n) is 12.4. The topological polar surface area (TPSA) is 127 Å². The van der Waals surface area contributed by atoms with Crippen LogP contribution >= 0.6 is 0 Å². The Kier molecular flexibility index (Phi) is 3.92. The summed E-state index contributed by atoms with van der Waals surface area (Å²) in [6.45, 7) is 3.38. The van der Waals surface area contributed by atoms with Crippen molar-refractivity contribution in [1.29, 1.82) is 0 Å². The number of carbonyl (C=O) groups excluding carboxylic acids is 4. The molecule has 0 bridgehead atoms. The van der Waals surface area contributed by atoms with Crippen LogP contribution in [0.25, 0.3) is 0 Å². The van der Waals surface area contributed by atoms with Gasteiger partial charge in [0.05, 0.1) is 11.1 Å². The number of ketones is 2. The first-order chi connectivity index (χ1) is 10.6. The molecule has 0 saturated heterocycles. The van der Waals surface area contributed by atoms with Gasteiger partial charge in [0.25, 0.3) is 0 Å². The molecule has 1 aromatic rings. The first-order valence-corrected chi connectivity index (χ1v) is 6.41. The third-order valence-corrected chi connectivity index (χ3v) is 3.03. The summed E-state index contributed by atoms with van der Waals surface area (Å²) in [7, 11) is 0. The predicted molar refractivity (Wildman–Crippen MR) is 73.7 cm³/mol. The average Bonchev–Trinajstić information content (AvgIpc) is 2.43. The molecular weight excluding hydrogens is 308 g/mol. The fourth-order valence-corrected chi connectivity index (χ4v) is 2.15. The van der Waals surface area contributed by atoms with Crippen molar-refractivity contribution in [2.75, 3.05) is 0 Å². The molecule has 2 N–H and O–H groups in total. The minimum atomic E-state index is -1.06. The average molecular weight is 320 g/mol. The van der Waals surface area contributed by atoms with Crippen LogP contribution in [0.15, 0.2) is 17.6 Å². The molecule has 120 valence electrons. The Morgan fingerprint density at radius 3 is 1.78 bits per heavy atom. The number of phenolic OH excluding ortho intramolecular Hbond substituents is 2. The normalized spacial score (nSPS) is 13.7. The van der Waals surface area contributed by atoms with Gasteiger partial charge in [-0.25, -0.2) is 0 Å². The maximum Gasteiger partial charge on any atom is 0.308 e. The zero-order valence-corrected chi connectivity index (χ0v) is 12.4. The van der Waals surface area contributed by atoms with Gasteiger partial charge in [-0.1, -0.05) is 0 Å². The van der Waals surface area contributed by atoms with E-state index in [0.29, 0.717) is 0 Å². The van der Waals surface area contributed by atoms with Crippen LogP contribution in [0.3, 0.4) is 0 Å². The van der Waals surface area contributed by atoms with Crippen LogP contribution in [0.4, 0.5) is 0 Å². The van der Waals surface area contributed by atoms with Gasteiger partial charge in [0.2, 0.25) is 23.1 Å². The fraction of sp³-hybridized carbons (Fsp3) is 0.200. The molecule has 1 aliphatic carbocycles. The van der Waals surface area contributed by atoms with E-state index in [1.165, 1.54) is 6.92 Å². The maximum absolute atomic E-state index is 12.5. The summed E-state index contributed by atoms with van der Waals surface area (Å²) in [5, 5.41) is 19.9. The predicted octanol–water partition coefficient (Wildman–Crippen LogP) is 1.12. The molecular formula is C15H12O8. The van der Waals surface area contributed by atoms with Gasteiger partial charge >= 0.3 is 11.9 Å². The van der Waals surface area contributed by atoms with E-state index in [1.54, 1.807) is 0 Å². The molecule has 0 saturated carbocycles. The number of carbonyl (C=O) groups is 4. The van der Waals surface area contributed by atoms with Crippen LogP contribution in [0.2, 0.25) is 0 Å². The van der Waals surface area contributed by atoms with Gasteiger partial charge in [-0.2, -0.15) is 0 Å². The lowest BCUT2D eigenvalue weighted by Gasteiger charge is -2.21. The van der Waals surface area contributed by atoms with Crippen molar-refractivity contribution in [2.45, 2.75) is 20.8 Å². The minimum absolute atomic E-state index is 0.139. The molecule has 0 spiro atoms. The van der Waals surface area contributed by atoms with Crippen LogP contribution in [0, 0.1) is 6.92 Å². The third kappa shape index (κ3) is 2.66. The van der Waals surface area contributed by atoms with Crippen LogP contribution < -0.4 is 0 Å². The van der Waals surface area contributed by atoms with Crippen LogP contribution in [0.1, 0.15) is 40.1 Å². The lowest BCUT2D eigenvalue weighted by atomic mass is 9.89. The second kappa shape index (κ2) is 5.56. The minimum Gasteiger partial charge on any atom is -0.507 e. The Hall–Kier alpha value is -3.16. The Bertz CT molecular complexity index is 800. The van der Waals surface area contributed by atoms with Crippen molar-refractivity contribution in [3.63, 3.8) is 0 Å². The van der Waals surface area contributed by atoms with Gasteiger partial charge in [-0.05, 0) is 18.6 Å². The van der Waals surface area contributed by atoms with Gasteiger partial charge < -0.3 is 19.7 Å². The van der Waals surface area contributed by atoms with E-state index >= 15 is 0 Å². The van der Waals surface area contributed by atoms with Crippen molar-refractivity contribution in [2.24, 2.45) is 0 Å². The fourth-order valence-electron chi connectivity index (χ4n) is 2.15. The highest BCUT2D eigenvalue weighted by atomic mass is 16.6. The molecule has 2 rings (SSSR count). The van der Waals surface area contributed by atoms with Gasteiger partial charge in [-0.15, -0.1) is 0 Å². The monoisotopic (exact) mass is 320 g/mol. The van der Waals surface area contributed by atoms with E-state index in [4.69, 9.17) is 0 Å². The number of rotatable bonds is 2. The zero-order chi connectivity index (χ0) is 17.5. The highest BCUT2D eigenvalue weighted by Gasteiger charge is 2.41. The van der Waals surface area contributed by atoms with E-state index < -0.39 is 57.6 Å². The highest BCUT2D eigenvalue weighted by molar-refractivity contribution is 6.28. The number of allylic oxidation sites excluding steroid dienone is 2. The second-order valence-corrected chi connectivity index (χ2v) is 4.81. The highest BCUT2D eigenvalue weighted by Crippen LogP contribution is 2.39. The van der Waals surface area contributed by atoms with Crippen molar-refractivity contribution in [3.8, 4) is 11.5 Å². The second-order valence-electron chi connectivity index (χ2n) is 4.81. The van der Waals surface area contributed by atoms with Gasteiger partial charge in [-0.3, -0.25) is 19.2 Å². The molecule has 1 aliphatic rings. The van der Waals surface area contributed by atoms with Crippen molar-refractivity contribution in [1.82, 2.24) is 0 Å². The maximum atomic E-state index is 12.5. The first-order valence-electron chi connectivity index (χ1n) is 6.41. The van der Waals surface area contributed by atoms with E-state index in [0.717, 1.165) is 19.9 Å². The standard InChI is InChI=1S/C15H12O8/c1-5-4-8(18)9-10(11(5)19)13(21)15(23-7(3)17)14(12(9)20)22-6(2)16/h4,18-19H,1-3H3. The summed E-state index contributed by atoms with van der Waals surface area (Å²) < 4.78 is 9.35. The molecule has 8 nitrogen and oxygen atoms in total. The molecule has 0 fully saturated rings. The molecule has 0 atom stereocenters. The summed E-state index contributed by atoms with van der Waals surface area (Å²) in [5.41, 5.74) is -0.898. The lowest BCUT2D eigenvalue weighted by Crippen LogP contribution is -2.27. The molecule has 0 aliphatic heterocycles. The van der Waals surface area contributed by atoms with Crippen LogP contribution in [0.5, 0.6) is 11.5 Å². The van der Waals surface area contributed by atoms with Crippen molar-refractivity contribution >= 4 is 23.5 Å². The Balaban J connectivity index is 2.78. The lowest BCUT2D eigenvalue weighted by molar-refractivity contribution is -0.140. The van der Waals surface area contributed by atoms with E-state index in [-0.39, 0.29) is 5.56 Å². The third-order valence-electron chi connectivity index (χ3n) is 3.03. The van der Waals surface area contributed by atoms with Gasteiger partial charge in [0.15, 0.2) is 0 Å². The smallest absolute Gasteiger partial charge is 0.308 e. The first kappa shape index (κ1) is 16.2. The number of ether oxygens (including phenoxy) is 2. The van der Waals surface area contributed by atoms with Crippen molar-refractivity contribution < 1.29 is 38.9 Å². The van der Waals surface area contributed by atoms with Crippen molar-refractivity contribution in [3.05, 3.63) is 34.3 Å². The van der Waals surface area contributed by atoms with Gasteiger partial charge in [0.1, 0.15) is 11.5 Å². The molecule has 0 amide bonds. The summed E-state index contributed by atoms with van der Waals surface area (Å²) in [4.78, 5) is 47.2. The van der Waals surface area contributed by atoms with E-state index in [2.05, 4.69) is 9.47 Å². The number of hydrogen-bond donors (Lipinski definition) is 2. The Morgan fingerprint density at radius 2 is 1.35 bits per heavy atom.